The number of nitrogens with one attached hydrogen (secondary N) is 1. The highest BCUT2D eigenvalue weighted by Crippen LogP contribution is 2.65. The SMILES string of the molecule is CCOC(=O)c1ccc(Nc2cnn(C34C[C@@H]5C[C@H](CC(CC(=O)O)(C5)C3)C4)c(=O)c2Cl)cc1. The highest BCUT2D eigenvalue weighted by Gasteiger charge is 2.59. The summed E-state index contributed by atoms with van der Waals surface area (Å²) in [5, 5.41) is 17.2. The molecule has 4 bridgehead atoms. The molecule has 8 nitrogen and oxygen atoms in total. The van der Waals surface area contributed by atoms with Gasteiger partial charge in [0.25, 0.3) is 5.56 Å². The highest BCUT2D eigenvalue weighted by atomic mass is 35.5. The Kier molecular flexibility index (Phi) is 5.67. The fourth-order valence-electron chi connectivity index (χ4n) is 7.09. The van der Waals surface area contributed by atoms with E-state index < -0.39 is 17.5 Å². The molecule has 4 saturated carbocycles. The second kappa shape index (κ2) is 8.41. The zero-order valence-electron chi connectivity index (χ0n) is 19.1. The Balaban J connectivity index is 1.41. The summed E-state index contributed by atoms with van der Waals surface area (Å²) in [6, 6.07) is 6.70. The minimum absolute atomic E-state index is 0.0486. The van der Waals surface area contributed by atoms with Crippen LogP contribution in [0, 0.1) is 17.3 Å². The number of nitrogens with zero attached hydrogens (tertiary/aromatic N) is 2. The number of carboxylic acids is 1. The third-order valence-electron chi connectivity index (χ3n) is 7.72. The molecule has 2 atom stereocenters. The van der Waals surface area contributed by atoms with Gasteiger partial charge in [0.15, 0.2) is 0 Å². The van der Waals surface area contributed by atoms with Crippen LogP contribution in [0.4, 0.5) is 11.4 Å². The first-order valence-electron chi connectivity index (χ1n) is 11.8. The zero-order chi connectivity index (χ0) is 24.1. The molecule has 1 aromatic heterocycles. The van der Waals surface area contributed by atoms with E-state index in [4.69, 9.17) is 16.3 Å². The minimum atomic E-state index is -0.774. The van der Waals surface area contributed by atoms with Gasteiger partial charge in [0.1, 0.15) is 5.02 Å². The first-order chi connectivity index (χ1) is 16.2. The van der Waals surface area contributed by atoms with Crippen LogP contribution in [-0.4, -0.2) is 33.4 Å². The van der Waals surface area contributed by atoms with Gasteiger partial charge in [0.2, 0.25) is 0 Å². The summed E-state index contributed by atoms with van der Waals surface area (Å²) in [5.74, 6) is -0.330. The minimum Gasteiger partial charge on any atom is -0.481 e. The van der Waals surface area contributed by atoms with Crippen LogP contribution in [0.2, 0.25) is 5.02 Å². The largest absolute Gasteiger partial charge is 0.481 e. The van der Waals surface area contributed by atoms with Crippen LogP contribution < -0.4 is 10.9 Å². The van der Waals surface area contributed by atoms with Gasteiger partial charge in [-0.15, -0.1) is 0 Å². The van der Waals surface area contributed by atoms with Gasteiger partial charge in [-0.25, -0.2) is 9.48 Å². The first kappa shape index (κ1) is 22.9. The molecule has 0 spiro atoms. The van der Waals surface area contributed by atoms with Crippen LogP contribution in [0.25, 0.3) is 0 Å². The number of esters is 1. The highest BCUT2D eigenvalue weighted by molar-refractivity contribution is 6.33. The molecule has 2 aromatic rings. The molecule has 180 valence electrons. The van der Waals surface area contributed by atoms with Gasteiger partial charge in [-0.3, -0.25) is 9.59 Å². The van der Waals surface area contributed by atoms with Crippen LogP contribution in [0.15, 0.2) is 35.3 Å². The van der Waals surface area contributed by atoms with Gasteiger partial charge in [0.05, 0.1) is 36.0 Å². The Labute approximate surface area is 202 Å². The van der Waals surface area contributed by atoms with E-state index in [2.05, 4.69) is 10.4 Å². The second-order valence-corrected chi connectivity index (χ2v) is 10.6. The Bertz CT molecular complexity index is 1180. The maximum atomic E-state index is 13.4. The van der Waals surface area contributed by atoms with Gasteiger partial charge in [-0.2, -0.15) is 5.10 Å². The number of carboxylic acid groups (broad SMARTS) is 1. The molecule has 0 unspecified atom stereocenters. The zero-order valence-corrected chi connectivity index (χ0v) is 19.8. The summed E-state index contributed by atoms with van der Waals surface area (Å²) in [5.41, 5.74) is 0.383. The van der Waals surface area contributed by atoms with Crippen LogP contribution in [0.1, 0.15) is 62.2 Å². The van der Waals surface area contributed by atoms with Crippen molar-refractivity contribution >= 4 is 34.9 Å². The lowest BCUT2D eigenvalue weighted by Crippen LogP contribution is -2.59. The lowest BCUT2D eigenvalue weighted by Gasteiger charge is -2.61. The van der Waals surface area contributed by atoms with Crippen LogP contribution in [-0.2, 0) is 15.1 Å². The van der Waals surface area contributed by atoms with E-state index in [0.29, 0.717) is 41.8 Å². The number of halogens is 1. The predicted octanol–water partition coefficient (Wildman–Crippen LogP) is 4.59. The van der Waals surface area contributed by atoms with Crippen molar-refractivity contribution in [3.63, 3.8) is 0 Å². The fourth-order valence-corrected chi connectivity index (χ4v) is 7.27. The lowest BCUT2D eigenvalue weighted by molar-refractivity contribution is -0.151. The third kappa shape index (κ3) is 3.98. The van der Waals surface area contributed by atoms with Crippen molar-refractivity contribution in [1.82, 2.24) is 9.78 Å². The Morgan fingerprint density at radius 3 is 2.50 bits per heavy atom. The van der Waals surface area contributed by atoms with Crippen molar-refractivity contribution in [1.29, 1.82) is 0 Å². The van der Waals surface area contributed by atoms with Crippen molar-refractivity contribution in [3.05, 3.63) is 51.4 Å². The predicted molar refractivity (Wildman–Crippen MR) is 127 cm³/mol. The summed E-state index contributed by atoms with van der Waals surface area (Å²) in [7, 11) is 0. The number of benzene rings is 1. The smallest absolute Gasteiger partial charge is 0.338 e. The summed E-state index contributed by atoms with van der Waals surface area (Å²) in [6.07, 6.45) is 6.99. The number of aromatic nitrogens is 2. The monoisotopic (exact) mass is 485 g/mol. The molecule has 6 rings (SSSR count). The summed E-state index contributed by atoms with van der Waals surface area (Å²) >= 11 is 6.53. The molecular formula is C25H28ClN3O5. The van der Waals surface area contributed by atoms with E-state index in [0.717, 1.165) is 32.1 Å². The van der Waals surface area contributed by atoms with Crippen LogP contribution in [0.5, 0.6) is 0 Å². The number of hydrogen-bond acceptors (Lipinski definition) is 6. The van der Waals surface area contributed by atoms with E-state index in [1.807, 2.05) is 0 Å². The molecule has 0 amide bonds. The van der Waals surface area contributed by atoms with Crippen molar-refractivity contribution in [2.45, 2.75) is 57.4 Å². The van der Waals surface area contributed by atoms with E-state index in [1.165, 1.54) is 0 Å². The number of hydrogen-bond donors (Lipinski definition) is 2. The average Bonchev–Trinajstić information content (AvgIpc) is 2.75. The average molecular weight is 486 g/mol. The van der Waals surface area contributed by atoms with Gasteiger partial charge in [-0.1, -0.05) is 11.6 Å². The van der Waals surface area contributed by atoms with Crippen molar-refractivity contribution in [2.75, 3.05) is 11.9 Å². The Hall–Kier alpha value is -2.87. The molecule has 4 aliphatic carbocycles. The number of rotatable bonds is 7. The summed E-state index contributed by atoms with van der Waals surface area (Å²) < 4.78 is 6.54. The summed E-state index contributed by atoms with van der Waals surface area (Å²) in [6.45, 7) is 2.05. The number of carbonyl (C=O) groups is 2. The molecule has 4 fully saturated rings. The molecule has 4 aliphatic rings. The van der Waals surface area contributed by atoms with Crippen LogP contribution >= 0.6 is 11.6 Å². The molecule has 34 heavy (non-hydrogen) atoms. The van der Waals surface area contributed by atoms with Crippen LogP contribution in [0.3, 0.4) is 0 Å². The standard InChI is InChI=1S/C25H28ClN3O5/c1-2-34-23(33)17-3-5-18(6-4-17)28-19-13-27-29(22(32)21(19)26)25-10-15-7-16(11-25)9-24(8-15,14-25)12-20(30)31/h3-6,13,15-16,28H,2,7-12,14H2,1H3,(H,30,31)/t15-,16-,24?,25?/m1/s1. The van der Waals surface area contributed by atoms with Gasteiger partial charge in [-0.05, 0) is 87.0 Å². The van der Waals surface area contributed by atoms with E-state index in [9.17, 15) is 19.5 Å². The van der Waals surface area contributed by atoms with Gasteiger partial charge in [0, 0.05) is 5.69 Å². The lowest BCUT2D eigenvalue weighted by atomic mass is 9.46. The van der Waals surface area contributed by atoms with Crippen molar-refractivity contribution in [3.8, 4) is 0 Å². The second-order valence-electron chi connectivity index (χ2n) is 10.3. The van der Waals surface area contributed by atoms with E-state index in [1.54, 1.807) is 42.1 Å². The maximum Gasteiger partial charge on any atom is 0.338 e. The maximum absolute atomic E-state index is 13.4. The molecule has 0 radical (unpaired) electrons. The topological polar surface area (TPSA) is 111 Å². The first-order valence-corrected chi connectivity index (χ1v) is 12.1. The Morgan fingerprint density at radius 2 is 1.88 bits per heavy atom. The molecule has 1 aromatic carbocycles. The number of carbonyl (C=O) groups excluding carboxylic acids is 1. The van der Waals surface area contributed by atoms with E-state index in [-0.39, 0.29) is 22.4 Å². The number of anilines is 2. The number of ether oxygens (including phenoxy) is 1. The normalized spacial score (nSPS) is 29.1. The van der Waals surface area contributed by atoms with Gasteiger partial charge >= 0.3 is 11.9 Å². The number of aliphatic carboxylic acids is 1. The molecule has 2 N–H and O–H groups in total. The van der Waals surface area contributed by atoms with Crippen molar-refractivity contribution < 1.29 is 19.4 Å². The summed E-state index contributed by atoms with van der Waals surface area (Å²) in [4.78, 5) is 36.8. The Morgan fingerprint density at radius 1 is 1.21 bits per heavy atom. The van der Waals surface area contributed by atoms with Gasteiger partial charge < -0.3 is 15.2 Å². The fraction of sp³-hybridized carbons (Fsp3) is 0.520. The molecule has 0 aliphatic heterocycles. The quantitative estimate of drug-likeness (QED) is 0.552. The molecule has 1 heterocycles. The molecular weight excluding hydrogens is 458 g/mol. The molecule has 0 saturated heterocycles. The van der Waals surface area contributed by atoms with E-state index >= 15 is 0 Å². The van der Waals surface area contributed by atoms with Crippen molar-refractivity contribution in [2.24, 2.45) is 17.3 Å². The molecule has 9 heteroatoms. The third-order valence-corrected chi connectivity index (χ3v) is 8.09.